The Morgan fingerprint density at radius 3 is 2.68 bits per heavy atom. The van der Waals surface area contributed by atoms with Crippen molar-refractivity contribution in [3.63, 3.8) is 0 Å². The molecule has 0 bridgehead atoms. The van der Waals surface area contributed by atoms with Crippen molar-refractivity contribution in [2.75, 3.05) is 0 Å². The van der Waals surface area contributed by atoms with Crippen LogP contribution in [-0.2, 0) is 4.79 Å². The van der Waals surface area contributed by atoms with Crippen LogP contribution in [0.3, 0.4) is 0 Å². The predicted octanol–water partition coefficient (Wildman–Crippen LogP) is 3.45. The molecule has 3 unspecified atom stereocenters. The second-order valence-corrected chi connectivity index (χ2v) is 6.90. The van der Waals surface area contributed by atoms with E-state index in [0.717, 1.165) is 25.7 Å². The first-order valence-corrected chi connectivity index (χ1v) is 8.29. The molecule has 0 aromatic heterocycles. The van der Waals surface area contributed by atoms with E-state index in [1.165, 1.54) is 23.1 Å². The monoisotopic (exact) mass is 369 g/mol. The molecule has 1 aromatic rings. The van der Waals surface area contributed by atoms with Crippen molar-refractivity contribution in [3.8, 4) is 0 Å². The highest BCUT2D eigenvalue weighted by Gasteiger charge is 2.47. The molecule has 3 atom stereocenters. The van der Waals surface area contributed by atoms with Crippen LogP contribution in [0.25, 0.3) is 0 Å². The van der Waals surface area contributed by atoms with Gasteiger partial charge in [0.05, 0.1) is 4.47 Å². The largest absolute Gasteiger partial charge is 0.480 e. The number of benzene rings is 1. The number of carbonyl (C=O) groups is 2. The SMILES string of the molecule is O=C(O)C1CC2CCCCC2N1C(=O)c1ccc(F)c(Br)c1. The number of carboxylic acids is 1. The van der Waals surface area contributed by atoms with Gasteiger partial charge in [-0.25, -0.2) is 9.18 Å². The molecule has 1 N–H and O–H groups in total. The average Bonchev–Trinajstić information content (AvgIpc) is 2.89. The van der Waals surface area contributed by atoms with Gasteiger partial charge in [-0.15, -0.1) is 0 Å². The summed E-state index contributed by atoms with van der Waals surface area (Å²) in [7, 11) is 0. The van der Waals surface area contributed by atoms with Gasteiger partial charge in [0.15, 0.2) is 0 Å². The summed E-state index contributed by atoms with van der Waals surface area (Å²) in [5.41, 5.74) is 0.325. The van der Waals surface area contributed by atoms with Gasteiger partial charge in [0.25, 0.3) is 5.91 Å². The second kappa shape index (κ2) is 5.99. The number of hydrogen-bond acceptors (Lipinski definition) is 2. The molecule has 4 nitrogen and oxygen atoms in total. The highest BCUT2D eigenvalue weighted by atomic mass is 79.9. The smallest absolute Gasteiger partial charge is 0.326 e. The van der Waals surface area contributed by atoms with Gasteiger partial charge in [0.1, 0.15) is 11.9 Å². The number of carboxylic acid groups (broad SMARTS) is 1. The lowest BCUT2D eigenvalue weighted by atomic mass is 9.84. The lowest BCUT2D eigenvalue weighted by molar-refractivity contribution is -0.141. The van der Waals surface area contributed by atoms with Crippen LogP contribution in [0.4, 0.5) is 4.39 Å². The Bertz CT molecular complexity index is 621. The van der Waals surface area contributed by atoms with Crippen LogP contribution in [0.2, 0.25) is 0 Å². The van der Waals surface area contributed by atoms with Gasteiger partial charge in [0, 0.05) is 11.6 Å². The van der Waals surface area contributed by atoms with Crippen molar-refractivity contribution in [1.29, 1.82) is 0 Å². The zero-order valence-corrected chi connectivity index (χ0v) is 13.6. The molecular weight excluding hydrogens is 353 g/mol. The quantitative estimate of drug-likeness (QED) is 0.868. The van der Waals surface area contributed by atoms with Gasteiger partial charge in [-0.1, -0.05) is 12.8 Å². The van der Waals surface area contributed by atoms with Crippen molar-refractivity contribution < 1.29 is 19.1 Å². The van der Waals surface area contributed by atoms with E-state index < -0.39 is 17.8 Å². The van der Waals surface area contributed by atoms with Crippen molar-refractivity contribution in [1.82, 2.24) is 4.90 Å². The Balaban J connectivity index is 1.93. The summed E-state index contributed by atoms with van der Waals surface area (Å²) in [4.78, 5) is 25.9. The third kappa shape index (κ3) is 2.64. The minimum Gasteiger partial charge on any atom is -0.480 e. The fourth-order valence-corrected chi connectivity index (χ4v) is 4.13. The molecule has 0 spiro atoms. The lowest BCUT2D eigenvalue weighted by Crippen LogP contribution is -2.46. The van der Waals surface area contributed by atoms with E-state index in [2.05, 4.69) is 15.9 Å². The summed E-state index contributed by atoms with van der Waals surface area (Å²) in [5.74, 6) is -1.45. The number of amides is 1. The van der Waals surface area contributed by atoms with Gasteiger partial charge in [0.2, 0.25) is 0 Å². The third-order valence-corrected chi connectivity index (χ3v) is 5.38. The minimum absolute atomic E-state index is 0.00817. The Labute approximate surface area is 136 Å². The van der Waals surface area contributed by atoms with E-state index in [-0.39, 0.29) is 22.3 Å². The van der Waals surface area contributed by atoms with Crippen LogP contribution >= 0.6 is 15.9 Å². The van der Waals surface area contributed by atoms with Gasteiger partial charge in [-0.2, -0.15) is 0 Å². The summed E-state index contributed by atoms with van der Waals surface area (Å²) in [6, 6.07) is 3.28. The molecule has 1 heterocycles. The van der Waals surface area contributed by atoms with Crippen LogP contribution < -0.4 is 0 Å². The lowest BCUT2D eigenvalue weighted by Gasteiger charge is -2.33. The van der Waals surface area contributed by atoms with E-state index in [0.29, 0.717) is 12.0 Å². The first-order valence-electron chi connectivity index (χ1n) is 7.49. The van der Waals surface area contributed by atoms with Crippen molar-refractivity contribution >= 4 is 27.8 Å². The molecule has 1 aliphatic heterocycles. The molecule has 1 aliphatic carbocycles. The Morgan fingerprint density at radius 1 is 1.27 bits per heavy atom. The maximum atomic E-state index is 13.3. The third-order valence-electron chi connectivity index (χ3n) is 4.77. The second-order valence-electron chi connectivity index (χ2n) is 6.04. The number of halogens is 2. The Hall–Kier alpha value is -1.43. The highest BCUT2D eigenvalue weighted by Crippen LogP contribution is 2.40. The fraction of sp³-hybridized carbons (Fsp3) is 0.500. The van der Waals surface area contributed by atoms with Crippen LogP contribution in [0.5, 0.6) is 0 Å². The minimum atomic E-state index is -0.955. The van der Waals surface area contributed by atoms with Crippen molar-refractivity contribution in [3.05, 3.63) is 34.1 Å². The standard InChI is InChI=1S/C16H17BrFNO3/c17-11-7-10(5-6-12(11)18)15(20)19-13-4-2-1-3-9(13)8-14(19)16(21)22/h5-7,9,13-14H,1-4,8H2,(H,21,22). The number of carbonyl (C=O) groups excluding carboxylic acids is 1. The molecule has 118 valence electrons. The van der Waals surface area contributed by atoms with E-state index in [1.54, 1.807) is 0 Å². The maximum absolute atomic E-state index is 13.3. The van der Waals surface area contributed by atoms with Crippen LogP contribution in [0.15, 0.2) is 22.7 Å². The van der Waals surface area contributed by atoms with Gasteiger partial charge in [-0.3, -0.25) is 4.79 Å². The molecule has 1 amide bonds. The average molecular weight is 370 g/mol. The summed E-state index contributed by atoms with van der Waals surface area (Å²) >= 11 is 3.07. The Morgan fingerprint density at radius 2 is 2.00 bits per heavy atom. The zero-order chi connectivity index (χ0) is 15.9. The van der Waals surface area contributed by atoms with Crippen LogP contribution in [0.1, 0.15) is 42.5 Å². The number of likely N-dealkylation sites (tertiary alicyclic amines) is 1. The van der Waals surface area contributed by atoms with Crippen molar-refractivity contribution in [2.45, 2.75) is 44.2 Å². The van der Waals surface area contributed by atoms with Crippen LogP contribution in [-0.4, -0.2) is 34.0 Å². The van der Waals surface area contributed by atoms with Crippen molar-refractivity contribution in [2.24, 2.45) is 5.92 Å². The van der Waals surface area contributed by atoms with E-state index in [1.807, 2.05) is 0 Å². The number of fused-ring (bicyclic) bond motifs is 1. The molecular formula is C16H17BrFNO3. The van der Waals surface area contributed by atoms with Crippen LogP contribution in [0, 0.1) is 11.7 Å². The zero-order valence-electron chi connectivity index (χ0n) is 12.0. The molecule has 2 aliphatic rings. The molecule has 1 saturated carbocycles. The van der Waals surface area contributed by atoms with E-state index in [9.17, 15) is 19.1 Å². The first-order chi connectivity index (χ1) is 10.5. The number of rotatable bonds is 2. The van der Waals surface area contributed by atoms with Gasteiger partial charge in [-0.05, 0) is 59.3 Å². The molecule has 6 heteroatoms. The predicted molar refractivity (Wildman–Crippen MR) is 82.1 cm³/mol. The number of aliphatic carboxylic acids is 1. The Kier molecular flexibility index (Phi) is 4.21. The fourth-order valence-electron chi connectivity index (χ4n) is 3.75. The molecule has 3 rings (SSSR count). The topological polar surface area (TPSA) is 57.6 Å². The number of nitrogens with zero attached hydrogens (tertiary/aromatic N) is 1. The van der Waals surface area contributed by atoms with E-state index in [4.69, 9.17) is 0 Å². The molecule has 22 heavy (non-hydrogen) atoms. The summed E-state index contributed by atoms with van der Waals surface area (Å²) in [6.45, 7) is 0. The molecule has 1 saturated heterocycles. The normalized spacial score (nSPS) is 27.5. The van der Waals surface area contributed by atoms with E-state index >= 15 is 0 Å². The van der Waals surface area contributed by atoms with Gasteiger partial charge < -0.3 is 10.0 Å². The number of hydrogen-bond donors (Lipinski definition) is 1. The molecule has 0 radical (unpaired) electrons. The maximum Gasteiger partial charge on any atom is 0.326 e. The highest BCUT2D eigenvalue weighted by molar-refractivity contribution is 9.10. The summed E-state index contributed by atoms with van der Waals surface area (Å²) < 4.78 is 13.6. The molecule has 2 fully saturated rings. The van der Waals surface area contributed by atoms with Gasteiger partial charge >= 0.3 is 5.97 Å². The molecule has 1 aromatic carbocycles. The summed E-state index contributed by atoms with van der Waals surface area (Å²) in [6.07, 6.45) is 4.46. The first kappa shape index (κ1) is 15.5. The summed E-state index contributed by atoms with van der Waals surface area (Å²) in [5, 5.41) is 9.46.